The normalized spacial score (nSPS) is 14.8. The third-order valence-corrected chi connectivity index (χ3v) is 5.63. The number of aryl methyl sites for hydroxylation is 1. The van der Waals surface area contributed by atoms with E-state index in [1.54, 1.807) is 13.0 Å². The molecule has 1 aliphatic heterocycles. The maximum Gasteiger partial charge on any atom is 0.339 e. The van der Waals surface area contributed by atoms with Gasteiger partial charge in [0, 0.05) is 5.69 Å². The number of hydrogen-bond donors (Lipinski definition) is 1. The first kappa shape index (κ1) is 22.6. The second kappa shape index (κ2) is 9.80. The third kappa shape index (κ3) is 5.34. The molecule has 2 aromatic carbocycles. The zero-order valence-corrected chi connectivity index (χ0v) is 18.4. The van der Waals surface area contributed by atoms with Crippen molar-refractivity contribution in [2.24, 2.45) is 0 Å². The average Bonchev–Trinajstić information content (AvgIpc) is 2.98. The topological polar surface area (TPSA) is 92.8 Å². The number of anilines is 1. The van der Waals surface area contributed by atoms with E-state index in [0.717, 1.165) is 27.8 Å². The predicted octanol–water partition coefficient (Wildman–Crippen LogP) is 4.50. The Bertz CT molecular complexity index is 1100. The maximum absolute atomic E-state index is 12.6. The Balaban J connectivity index is 1.70. The summed E-state index contributed by atoms with van der Waals surface area (Å²) in [5, 5.41) is 2.23. The fraction of sp³-hybridized carbons (Fsp3) is 0.182. The minimum absolute atomic E-state index is 0.105. The average molecular weight is 459 g/mol. The van der Waals surface area contributed by atoms with Crippen LogP contribution in [0.1, 0.15) is 28.4 Å². The van der Waals surface area contributed by atoms with Crippen LogP contribution < -0.4 is 5.32 Å². The number of thioether (sulfide) groups is 1. The number of carbonyl (C=O) groups excluding carboxylic acids is 4. The highest BCUT2D eigenvalue weighted by Gasteiger charge is 2.36. The molecule has 1 aliphatic rings. The fourth-order valence-electron chi connectivity index (χ4n) is 2.84. The highest BCUT2D eigenvalue weighted by atomic mass is 35.5. The quantitative estimate of drug-likeness (QED) is 0.506. The van der Waals surface area contributed by atoms with E-state index in [2.05, 4.69) is 5.32 Å². The summed E-state index contributed by atoms with van der Waals surface area (Å²) in [6, 6.07) is 11.8. The summed E-state index contributed by atoms with van der Waals surface area (Å²) in [4.78, 5) is 50.4. The lowest BCUT2D eigenvalue weighted by molar-refractivity contribution is -0.127. The number of esters is 1. The lowest BCUT2D eigenvalue weighted by atomic mass is 10.1. The summed E-state index contributed by atoms with van der Waals surface area (Å²) in [5.41, 5.74) is 2.19. The first-order valence-electron chi connectivity index (χ1n) is 9.37. The van der Waals surface area contributed by atoms with Gasteiger partial charge in [0.15, 0.2) is 0 Å². The molecule has 3 rings (SSSR count). The number of rotatable bonds is 6. The van der Waals surface area contributed by atoms with Gasteiger partial charge >= 0.3 is 5.97 Å². The summed E-state index contributed by atoms with van der Waals surface area (Å²) in [6.45, 7) is 3.30. The second-order valence-electron chi connectivity index (χ2n) is 6.59. The molecule has 2 aromatic rings. The van der Waals surface area contributed by atoms with E-state index >= 15 is 0 Å². The van der Waals surface area contributed by atoms with Crippen LogP contribution in [0.2, 0.25) is 5.02 Å². The van der Waals surface area contributed by atoms with Crippen LogP contribution in [-0.4, -0.2) is 41.1 Å². The Morgan fingerprint density at radius 2 is 1.94 bits per heavy atom. The highest BCUT2D eigenvalue weighted by molar-refractivity contribution is 8.18. The maximum atomic E-state index is 12.6. The Hall–Kier alpha value is -3.10. The molecular weight excluding hydrogens is 440 g/mol. The SMILES string of the molecule is CCOC(=O)c1cc(NC(=O)CN2C(=O)S/C(=C/c3ccccc3C)C2=O)ccc1Cl. The number of imide groups is 1. The van der Waals surface area contributed by atoms with Crippen molar-refractivity contribution in [1.82, 2.24) is 4.90 Å². The molecule has 0 saturated carbocycles. The second-order valence-corrected chi connectivity index (χ2v) is 7.99. The van der Waals surface area contributed by atoms with Gasteiger partial charge in [0.05, 0.1) is 22.1 Å². The predicted molar refractivity (Wildman–Crippen MR) is 120 cm³/mol. The molecule has 0 aromatic heterocycles. The molecule has 0 aliphatic carbocycles. The van der Waals surface area contributed by atoms with Crippen molar-refractivity contribution in [3.63, 3.8) is 0 Å². The minimum atomic E-state index is -0.615. The van der Waals surface area contributed by atoms with Gasteiger partial charge in [0.25, 0.3) is 11.1 Å². The van der Waals surface area contributed by atoms with Crippen LogP contribution in [-0.2, 0) is 14.3 Å². The molecule has 7 nitrogen and oxygen atoms in total. The van der Waals surface area contributed by atoms with Crippen LogP contribution in [0.5, 0.6) is 0 Å². The van der Waals surface area contributed by atoms with Crippen molar-refractivity contribution in [2.45, 2.75) is 13.8 Å². The van der Waals surface area contributed by atoms with E-state index in [9.17, 15) is 19.2 Å². The van der Waals surface area contributed by atoms with Crippen LogP contribution in [0.25, 0.3) is 6.08 Å². The van der Waals surface area contributed by atoms with Crippen molar-refractivity contribution in [1.29, 1.82) is 0 Å². The molecule has 1 N–H and O–H groups in total. The van der Waals surface area contributed by atoms with E-state index in [4.69, 9.17) is 16.3 Å². The first-order chi connectivity index (χ1) is 14.8. The Labute approximate surface area is 188 Å². The smallest absolute Gasteiger partial charge is 0.339 e. The largest absolute Gasteiger partial charge is 0.462 e. The van der Waals surface area contributed by atoms with Gasteiger partial charge in [0.1, 0.15) is 6.54 Å². The Kier molecular flexibility index (Phi) is 7.14. The van der Waals surface area contributed by atoms with Crippen LogP contribution in [0.15, 0.2) is 47.4 Å². The molecule has 9 heteroatoms. The van der Waals surface area contributed by atoms with Crippen molar-refractivity contribution < 1.29 is 23.9 Å². The van der Waals surface area contributed by atoms with E-state index in [1.165, 1.54) is 18.2 Å². The van der Waals surface area contributed by atoms with Crippen molar-refractivity contribution in [2.75, 3.05) is 18.5 Å². The number of nitrogens with one attached hydrogen (secondary N) is 1. The molecule has 1 fully saturated rings. The summed E-state index contributed by atoms with van der Waals surface area (Å²) in [7, 11) is 0. The Morgan fingerprint density at radius 3 is 2.65 bits per heavy atom. The molecule has 0 atom stereocenters. The molecular formula is C22H19ClN2O5S. The molecule has 1 heterocycles. The van der Waals surface area contributed by atoms with Gasteiger partial charge in [0.2, 0.25) is 5.91 Å². The van der Waals surface area contributed by atoms with E-state index in [1.807, 2.05) is 31.2 Å². The third-order valence-electron chi connectivity index (χ3n) is 4.40. The van der Waals surface area contributed by atoms with Crippen LogP contribution in [0, 0.1) is 6.92 Å². The van der Waals surface area contributed by atoms with Gasteiger partial charge in [-0.2, -0.15) is 0 Å². The molecule has 0 bridgehead atoms. The summed E-state index contributed by atoms with van der Waals surface area (Å²) < 4.78 is 4.93. The van der Waals surface area contributed by atoms with Gasteiger partial charge in [-0.25, -0.2) is 4.79 Å². The number of halogens is 1. The molecule has 160 valence electrons. The van der Waals surface area contributed by atoms with Gasteiger partial charge in [-0.1, -0.05) is 35.9 Å². The standard InChI is InChI=1S/C22H19ClN2O5S/c1-3-30-21(28)16-11-15(8-9-17(16)23)24-19(26)12-25-20(27)18(31-22(25)29)10-14-7-5-4-6-13(14)2/h4-11H,3,12H2,1-2H3,(H,24,26)/b18-10+. The number of hydrogen-bond acceptors (Lipinski definition) is 6. The zero-order chi connectivity index (χ0) is 22.5. The van der Waals surface area contributed by atoms with Gasteiger partial charge < -0.3 is 10.1 Å². The van der Waals surface area contributed by atoms with Gasteiger partial charge in [-0.3, -0.25) is 19.3 Å². The molecule has 1 saturated heterocycles. The lowest BCUT2D eigenvalue weighted by Crippen LogP contribution is -2.36. The molecule has 0 unspecified atom stereocenters. The van der Waals surface area contributed by atoms with Crippen molar-refractivity contribution in [3.05, 3.63) is 69.1 Å². The Morgan fingerprint density at radius 1 is 1.19 bits per heavy atom. The molecule has 3 amide bonds. The van der Waals surface area contributed by atoms with E-state index < -0.39 is 29.6 Å². The number of carbonyl (C=O) groups is 4. The van der Waals surface area contributed by atoms with Crippen molar-refractivity contribution in [3.8, 4) is 0 Å². The van der Waals surface area contributed by atoms with E-state index in [0.29, 0.717) is 5.69 Å². The minimum Gasteiger partial charge on any atom is -0.462 e. The first-order valence-corrected chi connectivity index (χ1v) is 10.6. The molecule has 0 spiro atoms. The lowest BCUT2D eigenvalue weighted by Gasteiger charge is -2.13. The molecule has 0 radical (unpaired) electrons. The van der Waals surface area contributed by atoms with Crippen LogP contribution in [0.3, 0.4) is 0 Å². The summed E-state index contributed by atoms with van der Waals surface area (Å²) in [5.74, 6) is -1.73. The fourth-order valence-corrected chi connectivity index (χ4v) is 3.86. The number of ether oxygens (including phenoxy) is 1. The number of benzene rings is 2. The van der Waals surface area contributed by atoms with Crippen molar-refractivity contribution >= 4 is 58.1 Å². The van der Waals surface area contributed by atoms with Crippen LogP contribution in [0.4, 0.5) is 10.5 Å². The molecule has 31 heavy (non-hydrogen) atoms. The highest BCUT2D eigenvalue weighted by Crippen LogP contribution is 2.32. The van der Waals surface area contributed by atoms with Gasteiger partial charge in [-0.05, 0) is 61.0 Å². The summed E-state index contributed by atoms with van der Waals surface area (Å²) in [6.07, 6.45) is 1.64. The monoisotopic (exact) mass is 458 g/mol. The summed E-state index contributed by atoms with van der Waals surface area (Å²) >= 11 is 6.80. The number of amides is 3. The van der Waals surface area contributed by atoms with Gasteiger partial charge in [-0.15, -0.1) is 0 Å². The van der Waals surface area contributed by atoms with E-state index in [-0.39, 0.29) is 22.1 Å². The zero-order valence-electron chi connectivity index (χ0n) is 16.8. The number of nitrogens with zero attached hydrogens (tertiary/aromatic N) is 1. The van der Waals surface area contributed by atoms with Crippen LogP contribution >= 0.6 is 23.4 Å².